The van der Waals surface area contributed by atoms with E-state index in [1.165, 1.54) is 6.20 Å². The molecule has 15 heavy (non-hydrogen) atoms. The van der Waals surface area contributed by atoms with E-state index < -0.39 is 0 Å². The zero-order chi connectivity index (χ0) is 10.8. The van der Waals surface area contributed by atoms with Crippen LogP contribution in [0.25, 0.3) is 11.3 Å². The number of aromatic nitrogens is 2. The number of hydrogen-bond acceptors (Lipinski definition) is 4. The Kier molecular flexibility index (Phi) is 2.33. The molecule has 4 heteroatoms. The second-order valence-electron chi connectivity index (χ2n) is 3.27. The van der Waals surface area contributed by atoms with E-state index in [1.54, 1.807) is 19.2 Å². The van der Waals surface area contributed by atoms with E-state index in [1.807, 2.05) is 6.92 Å². The third-order valence-electron chi connectivity index (χ3n) is 2.06. The molecule has 2 aromatic heterocycles. The lowest BCUT2D eigenvalue weighted by Crippen LogP contribution is -1.85. The zero-order valence-electron chi connectivity index (χ0n) is 8.52. The highest BCUT2D eigenvalue weighted by Crippen LogP contribution is 2.23. The minimum absolute atomic E-state index is 0.529. The molecule has 0 aliphatic heterocycles. The summed E-state index contributed by atoms with van der Waals surface area (Å²) in [5.74, 6) is 1.28. The summed E-state index contributed by atoms with van der Waals surface area (Å²) >= 11 is 0. The molecule has 0 aliphatic carbocycles. The van der Waals surface area contributed by atoms with Crippen LogP contribution in [0.15, 0.2) is 22.9 Å². The molecule has 0 bridgehead atoms. The molecule has 2 heterocycles. The highest BCUT2D eigenvalue weighted by atomic mass is 16.4. The summed E-state index contributed by atoms with van der Waals surface area (Å²) in [7, 11) is 0. The van der Waals surface area contributed by atoms with Gasteiger partial charge in [-0.25, -0.2) is 4.98 Å². The fraction of sp³-hybridized carbons (Fsp3) is 0.182. The average molecular weight is 202 g/mol. The molecule has 0 fully saturated rings. The first kappa shape index (κ1) is 9.58. The standard InChI is InChI=1S/C11H10N2O2/c1-7-11(15-8(2)13-7)10-3-9(6-14)4-12-5-10/h3-6H,1-2H3. The van der Waals surface area contributed by atoms with Crippen LogP contribution in [-0.2, 0) is 0 Å². The van der Waals surface area contributed by atoms with Crippen molar-refractivity contribution in [2.75, 3.05) is 0 Å². The van der Waals surface area contributed by atoms with Crippen LogP contribution in [0, 0.1) is 13.8 Å². The third-order valence-corrected chi connectivity index (χ3v) is 2.06. The first-order valence-electron chi connectivity index (χ1n) is 4.55. The fourth-order valence-electron chi connectivity index (χ4n) is 1.45. The summed E-state index contributed by atoms with van der Waals surface area (Å²) in [6.07, 6.45) is 3.92. The van der Waals surface area contributed by atoms with Crippen molar-refractivity contribution in [3.05, 3.63) is 35.6 Å². The number of pyridine rings is 1. The van der Waals surface area contributed by atoms with Crippen molar-refractivity contribution in [3.63, 3.8) is 0 Å². The Balaban J connectivity index is 2.53. The summed E-state index contributed by atoms with van der Waals surface area (Å²) in [5, 5.41) is 0. The fourth-order valence-corrected chi connectivity index (χ4v) is 1.45. The van der Waals surface area contributed by atoms with E-state index in [2.05, 4.69) is 9.97 Å². The van der Waals surface area contributed by atoms with Crippen molar-refractivity contribution >= 4 is 6.29 Å². The second kappa shape index (κ2) is 3.65. The first-order valence-corrected chi connectivity index (χ1v) is 4.55. The Hall–Kier alpha value is -1.97. The highest BCUT2D eigenvalue weighted by molar-refractivity contribution is 5.77. The molecule has 0 aromatic carbocycles. The van der Waals surface area contributed by atoms with Gasteiger partial charge in [0.1, 0.15) is 0 Å². The lowest BCUT2D eigenvalue weighted by molar-refractivity contribution is 0.112. The maximum atomic E-state index is 10.6. The van der Waals surface area contributed by atoms with E-state index in [9.17, 15) is 4.79 Å². The smallest absolute Gasteiger partial charge is 0.192 e. The molecule has 0 saturated carbocycles. The van der Waals surface area contributed by atoms with Gasteiger partial charge in [-0.1, -0.05) is 0 Å². The number of hydrogen-bond donors (Lipinski definition) is 0. The van der Waals surface area contributed by atoms with Crippen LogP contribution in [0.2, 0.25) is 0 Å². The van der Waals surface area contributed by atoms with Gasteiger partial charge in [0.2, 0.25) is 0 Å². The normalized spacial score (nSPS) is 10.3. The summed E-state index contributed by atoms with van der Waals surface area (Å²) in [6.45, 7) is 3.65. The Bertz CT molecular complexity index is 503. The number of nitrogens with zero attached hydrogens (tertiary/aromatic N) is 2. The lowest BCUT2D eigenvalue weighted by atomic mass is 10.1. The molecule has 0 radical (unpaired) electrons. The van der Waals surface area contributed by atoms with Crippen LogP contribution in [0.4, 0.5) is 0 Å². The number of rotatable bonds is 2. The molecule has 2 rings (SSSR count). The number of carbonyl (C=O) groups is 1. The van der Waals surface area contributed by atoms with Crippen LogP contribution in [0.3, 0.4) is 0 Å². The van der Waals surface area contributed by atoms with Crippen LogP contribution in [0.5, 0.6) is 0 Å². The van der Waals surface area contributed by atoms with Crippen LogP contribution in [-0.4, -0.2) is 16.3 Å². The van der Waals surface area contributed by atoms with E-state index in [0.717, 1.165) is 17.5 Å². The molecule has 0 N–H and O–H groups in total. The van der Waals surface area contributed by atoms with Crippen molar-refractivity contribution in [1.29, 1.82) is 0 Å². The van der Waals surface area contributed by atoms with Gasteiger partial charge in [-0.15, -0.1) is 0 Å². The van der Waals surface area contributed by atoms with E-state index >= 15 is 0 Å². The maximum Gasteiger partial charge on any atom is 0.192 e. The number of aryl methyl sites for hydroxylation is 2. The SMILES string of the molecule is Cc1nc(C)c(-c2cncc(C=O)c2)o1. The maximum absolute atomic E-state index is 10.6. The van der Waals surface area contributed by atoms with Crippen molar-refractivity contribution in [2.24, 2.45) is 0 Å². The molecule has 0 aliphatic rings. The Labute approximate surface area is 87.0 Å². The minimum atomic E-state index is 0.529. The van der Waals surface area contributed by atoms with Gasteiger partial charge < -0.3 is 4.42 Å². The van der Waals surface area contributed by atoms with Crippen LogP contribution in [0.1, 0.15) is 21.9 Å². The van der Waals surface area contributed by atoms with Gasteiger partial charge in [0.25, 0.3) is 0 Å². The molecule has 0 atom stereocenters. The summed E-state index contributed by atoms with van der Waals surface area (Å²) in [6, 6.07) is 1.73. The molecule has 0 unspecified atom stereocenters. The Morgan fingerprint density at radius 2 is 2.13 bits per heavy atom. The van der Waals surface area contributed by atoms with Crippen molar-refractivity contribution in [2.45, 2.75) is 13.8 Å². The van der Waals surface area contributed by atoms with E-state index in [4.69, 9.17) is 4.42 Å². The van der Waals surface area contributed by atoms with Gasteiger partial charge in [0.15, 0.2) is 17.9 Å². The largest absolute Gasteiger partial charge is 0.441 e. The summed E-state index contributed by atoms with van der Waals surface area (Å²) in [4.78, 5) is 18.7. The van der Waals surface area contributed by atoms with Crippen molar-refractivity contribution in [3.8, 4) is 11.3 Å². The third kappa shape index (κ3) is 1.79. The Morgan fingerprint density at radius 3 is 2.73 bits per heavy atom. The molecule has 2 aromatic rings. The van der Waals surface area contributed by atoms with Crippen LogP contribution < -0.4 is 0 Å². The predicted molar refractivity (Wildman–Crippen MR) is 54.6 cm³/mol. The quantitative estimate of drug-likeness (QED) is 0.700. The molecule has 0 amide bonds. The Morgan fingerprint density at radius 1 is 1.33 bits per heavy atom. The van der Waals surface area contributed by atoms with Gasteiger partial charge in [0.05, 0.1) is 5.69 Å². The van der Waals surface area contributed by atoms with Gasteiger partial charge >= 0.3 is 0 Å². The van der Waals surface area contributed by atoms with Gasteiger partial charge in [-0.3, -0.25) is 9.78 Å². The minimum Gasteiger partial charge on any atom is -0.441 e. The second-order valence-corrected chi connectivity index (χ2v) is 3.27. The number of oxazole rings is 1. The van der Waals surface area contributed by atoms with Gasteiger partial charge in [0, 0.05) is 30.4 Å². The van der Waals surface area contributed by atoms with Gasteiger partial charge in [-0.05, 0) is 13.0 Å². The lowest BCUT2D eigenvalue weighted by Gasteiger charge is -1.97. The number of carbonyl (C=O) groups excluding carboxylic acids is 1. The molecular weight excluding hydrogens is 192 g/mol. The average Bonchev–Trinajstić information content (AvgIpc) is 2.58. The van der Waals surface area contributed by atoms with E-state index in [-0.39, 0.29) is 0 Å². The summed E-state index contributed by atoms with van der Waals surface area (Å²) < 4.78 is 5.43. The zero-order valence-corrected chi connectivity index (χ0v) is 8.52. The van der Waals surface area contributed by atoms with Crippen molar-refractivity contribution in [1.82, 2.24) is 9.97 Å². The first-order chi connectivity index (χ1) is 7.20. The molecule has 76 valence electrons. The number of aldehydes is 1. The molecule has 0 spiro atoms. The molecular formula is C11H10N2O2. The monoisotopic (exact) mass is 202 g/mol. The van der Waals surface area contributed by atoms with Crippen molar-refractivity contribution < 1.29 is 9.21 Å². The topological polar surface area (TPSA) is 56.0 Å². The molecule has 0 saturated heterocycles. The van der Waals surface area contributed by atoms with Crippen LogP contribution >= 0.6 is 0 Å². The highest BCUT2D eigenvalue weighted by Gasteiger charge is 2.09. The van der Waals surface area contributed by atoms with Gasteiger partial charge in [-0.2, -0.15) is 0 Å². The van der Waals surface area contributed by atoms with E-state index in [0.29, 0.717) is 17.2 Å². The summed E-state index contributed by atoms with van der Waals surface area (Å²) in [5.41, 5.74) is 2.11. The predicted octanol–water partition coefficient (Wildman–Crippen LogP) is 2.17. The molecule has 4 nitrogen and oxygen atoms in total.